The highest BCUT2D eigenvalue weighted by Gasteiger charge is 2.02. The molecule has 0 aromatic carbocycles. The van der Waals surface area contributed by atoms with E-state index >= 15 is 0 Å². The minimum Gasteiger partial charge on any atom is -0.396 e. The van der Waals surface area contributed by atoms with Gasteiger partial charge in [0.05, 0.1) is 11.9 Å². The summed E-state index contributed by atoms with van der Waals surface area (Å²) in [6.45, 7) is 3.38. The third-order valence-electron chi connectivity index (χ3n) is 2.30. The summed E-state index contributed by atoms with van der Waals surface area (Å²) in [5, 5.41) is 12.7. The Bertz CT molecular complexity index is 362. The first-order valence-corrected chi connectivity index (χ1v) is 5.08. The van der Waals surface area contributed by atoms with Gasteiger partial charge in [0.15, 0.2) is 0 Å². The number of aromatic nitrogens is 2. The van der Waals surface area contributed by atoms with Crippen LogP contribution in [0.4, 0.5) is 5.69 Å². The highest BCUT2D eigenvalue weighted by Crippen LogP contribution is 2.05. The summed E-state index contributed by atoms with van der Waals surface area (Å²) in [6, 6.07) is 1.56. The first-order chi connectivity index (χ1) is 7.19. The Labute approximate surface area is 89.0 Å². The second kappa shape index (κ2) is 5.50. The first kappa shape index (κ1) is 11.7. The van der Waals surface area contributed by atoms with E-state index in [9.17, 15) is 4.79 Å². The fourth-order valence-corrected chi connectivity index (χ4v) is 1.20. The van der Waals surface area contributed by atoms with Crippen molar-refractivity contribution in [2.24, 2.45) is 0 Å². The van der Waals surface area contributed by atoms with Crippen LogP contribution in [0.1, 0.15) is 13.3 Å². The molecule has 1 aromatic rings. The van der Waals surface area contributed by atoms with Crippen LogP contribution in [-0.2, 0) is 6.54 Å². The van der Waals surface area contributed by atoms with E-state index in [0.29, 0.717) is 13.0 Å². The molecule has 5 nitrogen and oxygen atoms in total. The molecule has 1 heterocycles. The van der Waals surface area contributed by atoms with E-state index in [4.69, 9.17) is 5.11 Å². The predicted octanol–water partition coefficient (Wildman–Crippen LogP) is 0.0818. The molecule has 1 aromatic heterocycles. The summed E-state index contributed by atoms with van der Waals surface area (Å²) in [7, 11) is 1.91. The van der Waals surface area contributed by atoms with E-state index in [1.807, 2.05) is 18.9 Å². The largest absolute Gasteiger partial charge is 0.396 e. The lowest BCUT2D eigenvalue weighted by Gasteiger charge is -2.16. The van der Waals surface area contributed by atoms with Gasteiger partial charge in [-0.1, -0.05) is 0 Å². The van der Waals surface area contributed by atoms with Gasteiger partial charge in [-0.25, -0.2) is 4.68 Å². The molecule has 0 amide bonds. The fourth-order valence-electron chi connectivity index (χ4n) is 1.20. The number of hydrogen-bond acceptors (Lipinski definition) is 4. The number of aliphatic hydroxyl groups excluding tert-OH is 1. The molecular formula is C10H17N3O2. The Kier molecular flexibility index (Phi) is 4.30. The quantitative estimate of drug-likeness (QED) is 0.749. The Morgan fingerprint density at radius 1 is 1.60 bits per heavy atom. The molecule has 0 radical (unpaired) electrons. The number of anilines is 1. The zero-order chi connectivity index (χ0) is 11.3. The third-order valence-corrected chi connectivity index (χ3v) is 2.30. The van der Waals surface area contributed by atoms with Crippen molar-refractivity contribution >= 4 is 5.69 Å². The van der Waals surface area contributed by atoms with Gasteiger partial charge in [0.25, 0.3) is 5.56 Å². The van der Waals surface area contributed by atoms with Crippen LogP contribution in [0.25, 0.3) is 0 Å². The number of rotatable bonds is 5. The lowest BCUT2D eigenvalue weighted by molar-refractivity contribution is 0.275. The van der Waals surface area contributed by atoms with Crippen molar-refractivity contribution < 1.29 is 5.11 Å². The Morgan fingerprint density at radius 3 is 2.87 bits per heavy atom. The highest BCUT2D eigenvalue weighted by molar-refractivity contribution is 5.41. The zero-order valence-corrected chi connectivity index (χ0v) is 9.18. The highest BCUT2D eigenvalue weighted by atomic mass is 16.3. The van der Waals surface area contributed by atoms with E-state index in [-0.39, 0.29) is 12.2 Å². The van der Waals surface area contributed by atoms with Gasteiger partial charge in [-0.2, -0.15) is 5.10 Å². The van der Waals surface area contributed by atoms with E-state index < -0.39 is 0 Å². The molecule has 5 heteroatoms. The van der Waals surface area contributed by atoms with Crippen molar-refractivity contribution in [3.63, 3.8) is 0 Å². The molecule has 0 aliphatic heterocycles. The van der Waals surface area contributed by atoms with Crippen LogP contribution >= 0.6 is 0 Å². The Hall–Kier alpha value is -1.36. The molecule has 0 aliphatic carbocycles. The van der Waals surface area contributed by atoms with Gasteiger partial charge in [-0.15, -0.1) is 0 Å². The van der Waals surface area contributed by atoms with Gasteiger partial charge >= 0.3 is 0 Å². The zero-order valence-electron chi connectivity index (χ0n) is 9.18. The second-order valence-electron chi connectivity index (χ2n) is 3.37. The van der Waals surface area contributed by atoms with Crippen LogP contribution < -0.4 is 10.5 Å². The van der Waals surface area contributed by atoms with E-state index in [0.717, 1.165) is 12.2 Å². The van der Waals surface area contributed by atoms with Gasteiger partial charge in [0, 0.05) is 32.8 Å². The van der Waals surface area contributed by atoms with Crippen molar-refractivity contribution in [1.82, 2.24) is 9.78 Å². The van der Waals surface area contributed by atoms with Crippen LogP contribution in [0.2, 0.25) is 0 Å². The van der Waals surface area contributed by atoms with Crippen molar-refractivity contribution in [1.29, 1.82) is 0 Å². The molecule has 0 aliphatic rings. The van der Waals surface area contributed by atoms with Gasteiger partial charge in [-0.05, 0) is 13.3 Å². The van der Waals surface area contributed by atoms with E-state index in [2.05, 4.69) is 5.10 Å². The topological polar surface area (TPSA) is 58.4 Å². The molecule has 15 heavy (non-hydrogen) atoms. The molecule has 0 unspecified atom stereocenters. The summed E-state index contributed by atoms with van der Waals surface area (Å²) >= 11 is 0. The SMILES string of the molecule is CCN(C)c1cnn(CCCO)c(=O)c1. The lowest BCUT2D eigenvalue weighted by atomic mass is 10.4. The van der Waals surface area contributed by atoms with Crippen molar-refractivity contribution in [3.05, 3.63) is 22.6 Å². The molecule has 0 spiro atoms. The fraction of sp³-hybridized carbons (Fsp3) is 0.600. The summed E-state index contributed by atoms with van der Waals surface area (Å²) in [4.78, 5) is 13.5. The number of aryl methyl sites for hydroxylation is 1. The van der Waals surface area contributed by atoms with Gasteiger partial charge in [0.1, 0.15) is 0 Å². The predicted molar refractivity (Wildman–Crippen MR) is 59.1 cm³/mol. The van der Waals surface area contributed by atoms with Crippen LogP contribution in [0.15, 0.2) is 17.1 Å². The summed E-state index contributed by atoms with van der Waals surface area (Å²) in [5.41, 5.74) is 0.698. The molecule has 0 fully saturated rings. The molecular weight excluding hydrogens is 194 g/mol. The average molecular weight is 211 g/mol. The van der Waals surface area contributed by atoms with E-state index in [1.54, 1.807) is 12.3 Å². The third kappa shape index (κ3) is 3.06. The Balaban J connectivity index is 2.83. The minimum absolute atomic E-state index is 0.0741. The van der Waals surface area contributed by atoms with Crippen molar-refractivity contribution in [2.75, 3.05) is 25.1 Å². The minimum atomic E-state index is -0.124. The molecule has 84 valence electrons. The Morgan fingerprint density at radius 2 is 2.33 bits per heavy atom. The number of nitrogens with zero attached hydrogens (tertiary/aromatic N) is 3. The maximum absolute atomic E-state index is 11.6. The van der Waals surface area contributed by atoms with Crippen LogP contribution in [0.5, 0.6) is 0 Å². The van der Waals surface area contributed by atoms with Crippen LogP contribution in [-0.4, -0.2) is 35.1 Å². The molecule has 1 N–H and O–H groups in total. The van der Waals surface area contributed by atoms with Crippen molar-refractivity contribution in [3.8, 4) is 0 Å². The van der Waals surface area contributed by atoms with E-state index in [1.165, 1.54) is 4.68 Å². The molecule has 1 rings (SSSR count). The standard InChI is InChI=1S/C10H17N3O2/c1-3-12(2)9-7-10(15)13(11-8-9)5-4-6-14/h7-8,14H,3-6H2,1-2H3. The summed E-state index contributed by atoms with van der Waals surface area (Å²) < 4.78 is 1.36. The van der Waals surface area contributed by atoms with Gasteiger partial charge in [0.2, 0.25) is 0 Å². The number of hydrogen-bond donors (Lipinski definition) is 1. The normalized spacial score (nSPS) is 10.3. The lowest BCUT2D eigenvalue weighted by Crippen LogP contribution is -2.25. The number of aliphatic hydroxyl groups is 1. The second-order valence-corrected chi connectivity index (χ2v) is 3.37. The van der Waals surface area contributed by atoms with Crippen molar-refractivity contribution in [2.45, 2.75) is 19.9 Å². The maximum Gasteiger partial charge on any atom is 0.268 e. The molecule has 0 atom stereocenters. The van der Waals surface area contributed by atoms with Gasteiger partial charge in [-0.3, -0.25) is 4.79 Å². The monoisotopic (exact) mass is 211 g/mol. The summed E-state index contributed by atoms with van der Waals surface area (Å²) in [6.07, 6.45) is 2.22. The van der Waals surface area contributed by atoms with Gasteiger partial charge < -0.3 is 10.0 Å². The maximum atomic E-state index is 11.6. The average Bonchev–Trinajstić information content (AvgIpc) is 2.26. The molecule has 0 saturated carbocycles. The van der Waals surface area contributed by atoms with Crippen LogP contribution in [0, 0.1) is 0 Å². The summed E-state index contributed by atoms with van der Waals surface area (Å²) in [5.74, 6) is 0. The van der Waals surface area contributed by atoms with Crippen LogP contribution in [0.3, 0.4) is 0 Å². The smallest absolute Gasteiger partial charge is 0.268 e. The molecule has 0 bridgehead atoms. The molecule has 0 saturated heterocycles. The first-order valence-electron chi connectivity index (χ1n) is 5.08.